The van der Waals surface area contributed by atoms with Gasteiger partial charge >= 0.3 is 0 Å². The number of nitrogens with zero attached hydrogens (tertiary/aromatic N) is 2. The first-order chi connectivity index (χ1) is 8.61. The van der Waals surface area contributed by atoms with Crippen molar-refractivity contribution in [2.24, 2.45) is 11.7 Å². The molecular formula is C14H26N4. The second kappa shape index (κ2) is 5.85. The topological polar surface area (TPSA) is 57.9 Å². The molecule has 1 atom stereocenters. The van der Waals surface area contributed by atoms with Crippen molar-refractivity contribution in [3.63, 3.8) is 0 Å². The Hall–Kier alpha value is -0.870. The van der Waals surface area contributed by atoms with Crippen molar-refractivity contribution in [2.45, 2.75) is 38.5 Å². The largest absolute Gasteiger partial charge is 0.345 e. The minimum atomic E-state index is 0.352. The quantitative estimate of drug-likeness (QED) is 0.858. The van der Waals surface area contributed by atoms with Crippen molar-refractivity contribution in [1.29, 1.82) is 0 Å². The second-order valence-electron chi connectivity index (χ2n) is 5.89. The van der Waals surface area contributed by atoms with Crippen molar-refractivity contribution in [2.75, 3.05) is 26.7 Å². The number of rotatable bonds is 4. The highest BCUT2D eigenvalue weighted by molar-refractivity contribution is 5.12. The van der Waals surface area contributed by atoms with Crippen LogP contribution >= 0.6 is 0 Å². The number of hydrogen-bond donors (Lipinski definition) is 2. The van der Waals surface area contributed by atoms with Gasteiger partial charge in [0.1, 0.15) is 5.82 Å². The molecule has 1 unspecified atom stereocenters. The van der Waals surface area contributed by atoms with Gasteiger partial charge in [0, 0.05) is 30.3 Å². The Bertz CT molecular complexity index is 364. The normalized spacial score (nSPS) is 20.5. The molecule has 1 aromatic rings. The van der Waals surface area contributed by atoms with Crippen LogP contribution in [0.15, 0.2) is 6.20 Å². The number of hydrogen-bond acceptors (Lipinski definition) is 3. The molecule has 3 N–H and O–H groups in total. The molecule has 0 amide bonds. The Morgan fingerprint density at radius 3 is 2.67 bits per heavy atom. The molecule has 4 heteroatoms. The zero-order valence-corrected chi connectivity index (χ0v) is 11.8. The third-order valence-electron chi connectivity index (χ3n) is 4.18. The van der Waals surface area contributed by atoms with Crippen molar-refractivity contribution in [3.8, 4) is 0 Å². The average molecular weight is 250 g/mol. The van der Waals surface area contributed by atoms with Gasteiger partial charge in [-0.15, -0.1) is 0 Å². The van der Waals surface area contributed by atoms with Crippen LogP contribution in [0.1, 0.15) is 50.0 Å². The number of likely N-dealkylation sites (tertiary alicyclic amines) is 1. The van der Waals surface area contributed by atoms with Gasteiger partial charge < -0.3 is 15.6 Å². The summed E-state index contributed by atoms with van der Waals surface area (Å²) in [6, 6.07) is 0. The molecular weight excluding hydrogens is 224 g/mol. The number of nitrogens with one attached hydrogen (secondary N) is 1. The van der Waals surface area contributed by atoms with Crippen LogP contribution in [-0.2, 0) is 0 Å². The van der Waals surface area contributed by atoms with Gasteiger partial charge in [0.25, 0.3) is 0 Å². The zero-order chi connectivity index (χ0) is 13.1. The Kier molecular flexibility index (Phi) is 4.40. The maximum absolute atomic E-state index is 5.84. The van der Waals surface area contributed by atoms with E-state index >= 15 is 0 Å². The number of aromatic nitrogens is 2. The lowest BCUT2D eigenvalue weighted by molar-refractivity contribution is 0.253. The van der Waals surface area contributed by atoms with E-state index in [2.05, 4.69) is 35.8 Å². The van der Waals surface area contributed by atoms with Crippen molar-refractivity contribution in [1.82, 2.24) is 14.9 Å². The van der Waals surface area contributed by atoms with Crippen LogP contribution in [-0.4, -0.2) is 41.5 Å². The molecule has 102 valence electrons. The number of imidazole rings is 1. The Labute approximate surface area is 110 Å². The van der Waals surface area contributed by atoms with Crippen LogP contribution in [0, 0.1) is 5.92 Å². The summed E-state index contributed by atoms with van der Waals surface area (Å²) in [5, 5.41) is 0. The molecule has 0 spiro atoms. The highest BCUT2D eigenvalue weighted by atomic mass is 15.1. The van der Waals surface area contributed by atoms with E-state index in [1.807, 2.05) is 6.20 Å². The molecule has 1 saturated heterocycles. The van der Waals surface area contributed by atoms with Crippen LogP contribution in [0.5, 0.6) is 0 Å². The molecule has 1 aromatic heterocycles. The summed E-state index contributed by atoms with van der Waals surface area (Å²) in [6.07, 6.45) is 4.48. The molecule has 2 heterocycles. The number of aromatic amines is 1. The summed E-state index contributed by atoms with van der Waals surface area (Å²) in [6.45, 7) is 7.44. The van der Waals surface area contributed by atoms with Gasteiger partial charge in [0.05, 0.1) is 0 Å². The van der Waals surface area contributed by atoms with E-state index in [1.165, 1.54) is 31.6 Å². The highest BCUT2D eigenvalue weighted by Gasteiger charge is 2.22. The molecule has 2 rings (SSSR count). The minimum absolute atomic E-state index is 0.352. The van der Waals surface area contributed by atoms with Gasteiger partial charge in [-0.25, -0.2) is 4.98 Å². The third-order valence-corrected chi connectivity index (χ3v) is 4.18. The zero-order valence-electron chi connectivity index (χ0n) is 11.8. The maximum atomic E-state index is 5.84. The molecule has 1 aliphatic rings. The molecule has 4 nitrogen and oxygen atoms in total. The Morgan fingerprint density at radius 2 is 2.11 bits per heavy atom. The summed E-state index contributed by atoms with van der Waals surface area (Å²) in [5.41, 5.74) is 7.15. The molecule has 0 radical (unpaired) electrons. The van der Waals surface area contributed by atoms with Crippen LogP contribution < -0.4 is 5.73 Å². The van der Waals surface area contributed by atoms with E-state index in [-0.39, 0.29) is 0 Å². The maximum Gasteiger partial charge on any atom is 0.110 e. The lowest BCUT2D eigenvalue weighted by atomic mass is 9.94. The molecule has 0 aromatic carbocycles. The van der Waals surface area contributed by atoms with Crippen molar-refractivity contribution >= 4 is 0 Å². The predicted octanol–water partition coefficient (Wildman–Crippen LogP) is 1.92. The standard InChI is InChI=1S/C14H26N4/c1-10(2)12(8-15)14-16-9-13(17-14)11-4-6-18(3)7-5-11/h9-12H,4-8,15H2,1-3H3,(H,16,17). The van der Waals surface area contributed by atoms with Gasteiger partial charge in [0.2, 0.25) is 0 Å². The summed E-state index contributed by atoms with van der Waals surface area (Å²) in [4.78, 5) is 10.5. The fraction of sp³-hybridized carbons (Fsp3) is 0.786. The van der Waals surface area contributed by atoms with E-state index in [1.54, 1.807) is 0 Å². The predicted molar refractivity (Wildman–Crippen MR) is 74.7 cm³/mol. The first-order valence-corrected chi connectivity index (χ1v) is 7.05. The summed E-state index contributed by atoms with van der Waals surface area (Å²) < 4.78 is 0. The lowest BCUT2D eigenvalue weighted by Crippen LogP contribution is -2.29. The number of H-pyrrole nitrogens is 1. The monoisotopic (exact) mass is 250 g/mol. The minimum Gasteiger partial charge on any atom is -0.345 e. The SMILES string of the molecule is CC(C)C(CN)c1ncc(C2CCN(C)CC2)[nH]1. The van der Waals surface area contributed by atoms with Gasteiger partial charge in [-0.2, -0.15) is 0 Å². The average Bonchev–Trinajstić information content (AvgIpc) is 2.80. The summed E-state index contributed by atoms with van der Waals surface area (Å²) in [5.74, 6) is 2.60. The highest BCUT2D eigenvalue weighted by Crippen LogP contribution is 2.28. The van der Waals surface area contributed by atoms with Crippen LogP contribution in [0.3, 0.4) is 0 Å². The fourth-order valence-electron chi connectivity index (χ4n) is 2.77. The van der Waals surface area contributed by atoms with E-state index in [9.17, 15) is 0 Å². The van der Waals surface area contributed by atoms with Crippen molar-refractivity contribution in [3.05, 3.63) is 17.7 Å². The van der Waals surface area contributed by atoms with Gasteiger partial charge in [-0.3, -0.25) is 0 Å². The van der Waals surface area contributed by atoms with Crippen molar-refractivity contribution < 1.29 is 0 Å². The van der Waals surface area contributed by atoms with E-state index in [0.29, 0.717) is 24.3 Å². The van der Waals surface area contributed by atoms with Gasteiger partial charge in [-0.1, -0.05) is 13.8 Å². The summed E-state index contributed by atoms with van der Waals surface area (Å²) >= 11 is 0. The number of piperidine rings is 1. The first kappa shape index (κ1) is 13.6. The van der Waals surface area contributed by atoms with E-state index in [0.717, 1.165) is 5.82 Å². The molecule has 0 saturated carbocycles. The van der Waals surface area contributed by atoms with Gasteiger partial charge in [0.15, 0.2) is 0 Å². The smallest absolute Gasteiger partial charge is 0.110 e. The second-order valence-corrected chi connectivity index (χ2v) is 5.89. The Balaban J connectivity index is 2.05. The number of nitrogens with two attached hydrogens (primary N) is 1. The van der Waals surface area contributed by atoms with E-state index < -0.39 is 0 Å². The molecule has 18 heavy (non-hydrogen) atoms. The molecule has 1 aliphatic heterocycles. The van der Waals surface area contributed by atoms with Gasteiger partial charge in [-0.05, 0) is 38.9 Å². The summed E-state index contributed by atoms with van der Waals surface area (Å²) in [7, 11) is 2.19. The fourth-order valence-corrected chi connectivity index (χ4v) is 2.77. The Morgan fingerprint density at radius 1 is 1.44 bits per heavy atom. The lowest BCUT2D eigenvalue weighted by Gasteiger charge is -2.28. The first-order valence-electron chi connectivity index (χ1n) is 7.05. The van der Waals surface area contributed by atoms with Crippen LogP contribution in [0.4, 0.5) is 0 Å². The molecule has 0 aliphatic carbocycles. The van der Waals surface area contributed by atoms with Crippen LogP contribution in [0.2, 0.25) is 0 Å². The third kappa shape index (κ3) is 2.93. The van der Waals surface area contributed by atoms with E-state index in [4.69, 9.17) is 5.73 Å². The molecule has 0 bridgehead atoms. The van der Waals surface area contributed by atoms with Crippen LogP contribution in [0.25, 0.3) is 0 Å². The molecule has 1 fully saturated rings.